The second-order valence-electron chi connectivity index (χ2n) is 3.26. The fraction of sp³-hybridized carbons (Fsp3) is 0.0909. The maximum absolute atomic E-state index is 13.2. The molecule has 2 aromatic rings. The van der Waals surface area contributed by atoms with E-state index in [1.54, 1.807) is 0 Å². The molecular weight excluding hydrogens is 229 g/mol. The number of benzene rings is 1. The van der Waals surface area contributed by atoms with Crippen LogP contribution in [0.2, 0.25) is 0 Å². The molecule has 1 aromatic heterocycles. The van der Waals surface area contributed by atoms with E-state index in [0.29, 0.717) is 11.3 Å². The van der Waals surface area contributed by atoms with Crippen LogP contribution < -0.4 is 4.74 Å². The van der Waals surface area contributed by atoms with Gasteiger partial charge in [-0.1, -0.05) is 5.16 Å². The Labute approximate surface area is 95.4 Å². The van der Waals surface area contributed by atoms with Gasteiger partial charge in [-0.2, -0.15) is 0 Å². The van der Waals surface area contributed by atoms with Crippen molar-refractivity contribution in [1.29, 1.82) is 0 Å². The van der Waals surface area contributed by atoms with E-state index in [9.17, 15) is 9.18 Å². The molecule has 1 heterocycles. The van der Waals surface area contributed by atoms with E-state index in [0.717, 1.165) is 0 Å². The highest BCUT2D eigenvalue weighted by atomic mass is 19.1. The van der Waals surface area contributed by atoms with E-state index in [2.05, 4.69) is 9.68 Å². The fourth-order valence-corrected chi connectivity index (χ4v) is 1.34. The molecule has 0 spiro atoms. The summed E-state index contributed by atoms with van der Waals surface area (Å²) in [5.74, 6) is -1.71. The zero-order chi connectivity index (χ0) is 12.4. The number of carbonyl (C=O) groups is 1. The van der Waals surface area contributed by atoms with Crippen molar-refractivity contribution < 1.29 is 23.6 Å². The van der Waals surface area contributed by atoms with Gasteiger partial charge in [-0.3, -0.25) is 0 Å². The summed E-state index contributed by atoms with van der Waals surface area (Å²) < 4.78 is 22.7. The van der Waals surface area contributed by atoms with Gasteiger partial charge in [0.25, 0.3) is 0 Å². The van der Waals surface area contributed by atoms with Crippen molar-refractivity contribution in [3.63, 3.8) is 0 Å². The molecule has 0 bridgehead atoms. The summed E-state index contributed by atoms with van der Waals surface area (Å²) >= 11 is 0. The number of aromatic carboxylic acids is 1. The quantitative estimate of drug-likeness (QED) is 0.885. The monoisotopic (exact) mass is 237 g/mol. The minimum Gasteiger partial charge on any atom is -0.497 e. The van der Waals surface area contributed by atoms with E-state index in [-0.39, 0.29) is 11.5 Å². The number of carboxylic acid groups (broad SMARTS) is 1. The lowest BCUT2D eigenvalue weighted by Crippen LogP contribution is -1.91. The van der Waals surface area contributed by atoms with Crippen molar-refractivity contribution in [2.45, 2.75) is 0 Å². The number of halogens is 1. The van der Waals surface area contributed by atoms with Gasteiger partial charge < -0.3 is 14.4 Å². The summed E-state index contributed by atoms with van der Waals surface area (Å²) in [6.07, 6.45) is 0. The SMILES string of the molecule is COc1cc(F)cc(-c2cc(C(=O)O)on2)c1. The third-order valence-electron chi connectivity index (χ3n) is 2.12. The summed E-state index contributed by atoms with van der Waals surface area (Å²) in [7, 11) is 1.41. The number of hydrogen-bond acceptors (Lipinski definition) is 4. The lowest BCUT2D eigenvalue weighted by atomic mass is 10.1. The molecule has 1 aromatic carbocycles. The van der Waals surface area contributed by atoms with Gasteiger partial charge >= 0.3 is 5.97 Å². The molecule has 0 saturated carbocycles. The first-order valence-electron chi connectivity index (χ1n) is 4.65. The average Bonchev–Trinajstić information content (AvgIpc) is 2.77. The highest BCUT2D eigenvalue weighted by Gasteiger charge is 2.13. The van der Waals surface area contributed by atoms with Gasteiger partial charge in [-0.15, -0.1) is 0 Å². The molecule has 0 amide bonds. The van der Waals surface area contributed by atoms with Crippen LogP contribution in [0.4, 0.5) is 4.39 Å². The van der Waals surface area contributed by atoms with Gasteiger partial charge in [0.2, 0.25) is 5.76 Å². The maximum atomic E-state index is 13.2. The zero-order valence-corrected chi connectivity index (χ0v) is 8.81. The van der Waals surface area contributed by atoms with Crippen LogP contribution in [-0.2, 0) is 0 Å². The molecule has 0 aliphatic carbocycles. The third kappa shape index (κ3) is 2.25. The number of nitrogens with zero attached hydrogens (tertiary/aromatic N) is 1. The Morgan fingerprint density at radius 3 is 2.76 bits per heavy atom. The van der Waals surface area contributed by atoms with Gasteiger partial charge in [0.1, 0.15) is 17.3 Å². The summed E-state index contributed by atoms with van der Waals surface area (Å²) in [5, 5.41) is 12.2. The number of hydrogen-bond donors (Lipinski definition) is 1. The van der Waals surface area contributed by atoms with E-state index in [4.69, 9.17) is 9.84 Å². The van der Waals surface area contributed by atoms with E-state index in [1.165, 1.54) is 31.4 Å². The first-order chi connectivity index (χ1) is 8.10. The first kappa shape index (κ1) is 11.1. The van der Waals surface area contributed by atoms with Crippen molar-refractivity contribution in [3.8, 4) is 17.0 Å². The highest BCUT2D eigenvalue weighted by molar-refractivity contribution is 5.85. The average molecular weight is 237 g/mol. The molecule has 0 unspecified atom stereocenters. The Balaban J connectivity index is 2.44. The Kier molecular flexibility index (Phi) is 2.78. The molecule has 6 heteroatoms. The van der Waals surface area contributed by atoms with Crippen molar-refractivity contribution in [1.82, 2.24) is 5.16 Å². The second-order valence-corrected chi connectivity index (χ2v) is 3.26. The predicted octanol–water partition coefficient (Wildman–Crippen LogP) is 2.19. The van der Waals surface area contributed by atoms with Gasteiger partial charge in [0.15, 0.2) is 0 Å². The standard InChI is InChI=1S/C11H8FNO4/c1-16-8-3-6(2-7(12)4-8)9-5-10(11(14)15)17-13-9/h2-5H,1H3,(H,14,15). The van der Waals surface area contributed by atoms with Crippen molar-refractivity contribution in [2.75, 3.05) is 7.11 Å². The number of methoxy groups -OCH3 is 1. The van der Waals surface area contributed by atoms with Crippen molar-refractivity contribution in [3.05, 3.63) is 35.8 Å². The molecule has 0 aliphatic rings. The van der Waals surface area contributed by atoms with E-state index >= 15 is 0 Å². The Morgan fingerprint density at radius 2 is 2.18 bits per heavy atom. The molecule has 5 nitrogen and oxygen atoms in total. The van der Waals surface area contributed by atoms with Crippen LogP contribution >= 0.6 is 0 Å². The van der Waals surface area contributed by atoms with Crippen molar-refractivity contribution in [2.24, 2.45) is 0 Å². The topological polar surface area (TPSA) is 72.6 Å². The van der Waals surface area contributed by atoms with Gasteiger partial charge in [-0.05, 0) is 12.1 Å². The highest BCUT2D eigenvalue weighted by Crippen LogP contribution is 2.25. The zero-order valence-electron chi connectivity index (χ0n) is 8.81. The number of aromatic nitrogens is 1. The molecule has 0 aliphatic heterocycles. The van der Waals surface area contributed by atoms with Gasteiger partial charge in [-0.25, -0.2) is 9.18 Å². The smallest absolute Gasteiger partial charge is 0.374 e. The van der Waals surface area contributed by atoms with Crippen LogP contribution in [0.15, 0.2) is 28.8 Å². The Morgan fingerprint density at radius 1 is 1.41 bits per heavy atom. The lowest BCUT2D eigenvalue weighted by molar-refractivity contribution is 0.0652. The number of carboxylic acids is 1. The van der Waals surface area contributed by atoms with Crippen LogP contribution in [0.5, 0.6) is 5.75 Å². The van der Waals surface area contributed by atoms with Crippen LogP contribution in [0.3, 0.4) is 0 Å². The Hall–Kier alpha value is -2.37. The first-order valence-corrected chi connectivity index (χ1v) is 4.65. The number of rotatable bonds is 3. The summed E-state index contributed by atoms with van der Waals surface area (Å²) in [5.41, 5.74) is 0.623. The largest absolute Gasteiger partial charge is 0.497 e. The fourth-order valence-electron chi connectivity index (χ4n) is 1.34. The summed E-state index contributed by atoms with van der Waals surface area (Å²) in [6, 6.07) is 5.18. The minimum atomic E-state index is -1.23. The molecule has 2 rings (SSSR count). The molecule has 1 N–H and O–H groups in total. The van der Waals surface area contributed by atoms with E-state index < -0.39 is 11.8 Å². The van der Waals surface area contributed by atoms with Crippen LogP contribution in [0, 0.1) is 5.82 Å². The van der Waals surface area contributed by atoms with Crippen LogP contribution in [0.1, 0.15) is 10.6 Å². The molecule has 17 heavy (non-hydrogen) atoms. The second kappa shape index (κ2) is 4.25. The Bertz CT molecular complexity index is 564. The van der Waals surface area contributed by atoms with E-state index in [1.807, 2.05) is 0 Å². The van der Waals surface area contributed by atoms with Gasteiger partial charge in [0, 0.05) is 17.7 Å². The van der Waals surface area contributed by atoms with Crippen molar-refractivity contribution >= 4 is 5.97 Å². The third-order valence-corrected chi connectivity index (χ3v) is 2.12. The van der Waals surface area contributed by atoms with Crippen LogP contribution in [0.25, 0.3) is 11.3 Å². The molecular formula is C11H8FNO4. The lowest BCUT2D eigenvalue weighted by Gasteiger charge is -2.02. The predicted molar refractivity (Wildman–Crippen MR) is 55.4 cm³/mol. The number of ether oxygens (including phenoxy) is 1. The minimum absolute atomic E-state index is 0.236. The molecule has 0 atom stereocenters. The molecule has 0 radical (unpaired) electrons. The molecule has 0 fully saturated rings. The summed E-state index contributed by atoms with van der Waals surface area (Å²) in [6.45, 7) is 0. The normalized spacial score (nSPS) is 10.2. The molecule has 88 valence electrons. The molecule has 0 saturated heterocycles. The maximum Gasteiger partial charge on any atom is 0.374 e. The summed E-state index contributed by atoms with van der Waals surface area (Å²) in [4.78, 5) is 10.6. The van der Waals surface area contributed by atoms with Gasteiger partial charge in [0.05, 0.1) is 7.11 Å². The van der Waals surface area contributed by atoms with Crippen LogP contribution in [-0.4, -0.2) is 23.3 Å².